The number of nitrogens with one attached hydrogen (secondary N) is 1. The third-order valence-electron chi connectivity index (χ3n) is 3.17. The molecular weight excluding hydrogens is 366 g/mol. The highest BCUT2D eigenvalue weighted by molar-refractivity contribution is 9.10. The van der Waals surface area contributed by atoms with Crippen LogP contribution in [0.15, 0.2) is 28.4 Å². The van der Waals surface area contributed by atoms with Crippen LogP contribution >= 0.6 is 15.9 Å². The Labute approximate surface area is 142 Å². The van der Waals surface area contributed by atoms with Crippen LogP contribution in [0, 0.1) is 6.92 Å². The summed E-state index contributed by atoms with van der Waals surface area (Å²) in [5.74, 6) is -3.00. The number of rotatable bonds is 3. The number of ketones is 1. The first-order chi connectivity index (χ1) is 10.6. The second kappa shape index (κ2) is 6.16. The fourth-order valence-electron chi connectivity index (χ4n) is 2.02. The van der Waals surface area contributed by atoms with Gasteiger partial charge >= 0.3 is 11.9 Å². The average Bonchev–Trinajstić information content (AvgIpc) is 2.39. The molecular formula is C16H16BrNO5. The molecule has 1 aromatic rings. The van der Waals surface area contributed by atoms with Crippen LogP contribution in [-0.4, -0.2) is 23.5 Å². The molecule has 122 valence electrons. The Bertz CT molecular complexity index is 714. The van der Waals surface area contributed by atoms with Crippen LogP contribution < -0.4 is 5.32 Å². The van der Waals surface area contributed by atoms with Gasteiger partial charge in [0.2, 0.25) is 0 Å². The normalized spacial score (nSPS) is 16.5. The van der Waals surface area contributed by atoms with Crippen LogP contribution in [0.5, 0.6) is 0 Å². The summed E-state index contributed by atoms with van der Waals surface area (Å²) in [4.78, 5) is 35.5. The Morgan fingerprint density at radius 1 is 1.22 bits per heavy atom. The van der Waals surface area contributed by atoms with Crippen molar-refractivity contribution in [3.8, 4) is 0 Å². The van der Waals surface area contributed by atoms with E-state index in [2.05, 4.69) is 21.2 Å². The minimum Gasteiger partial charge on any atom is -0.419 e. The van der Waals surface area contributed by atoms with Crippen molar-refractivity contribution >= 4 is 39.3 Å². The zero-order valence-electron chi connectivity index (χ0n) is 13.2. The lowest BCUT2D eigenvalue weighted by Crippen LogP contribution is -2.42. The van der Waals surface area contributed by atoms with Crippen LogP contribution in [0.3, 0.4) is 0 Å². The Morgan fingerprint density at radius 2 is 1.78 bits per heavy atom. The van der Waals surface area contributed by atoms with E-state index in [1.807, 2.05) is 6.92 Å². The van der Waals surface area contributed by atoms with Crippen LogP contribution in [-0.2, 0) is 19.1 Å². The van der Waals surface area contributed by atoms with Crippen molar-refractivity contribution in [1.82, 2.24) is 0 Å². The molecule has 0 bridgehead atoms. The van der Waals surface area contributed by atoms with Gasteiger partial charge in [-0.15, -0.1) is 0 Å². The number of aryl methyl sites for hydroxylation is 1. The predicted molar refractivity (Wildman–Crippen MR) is 86.9 cm³/mol. The topological polar surface area (TPSA) is 81.7 Å². The quantitative estimate of drug-likeness (QED) is 0.375. The monoisotopic (exact) mass is 381 g/mol. The molecule has 0 atom stereocenters. The number of halogens is 1. The maximum absolute atomic E-state index is 11.9. The fraction of sp³-hybridized carbons (Fsp3) is 0.312. The van der Waals surface area contributed by atoms with E-state index in [9.17, 15) is 14.4 Å². The third-order valence-corrected chi connectivity index (χ3v) is 4.02. The lowest BCUT2D eigenvalue weighted by molar-refractivity contribution is -0.222. The Balaban J connectivity index is 2.33. The summed E-state index contributed by atoms with van der Waals surface area (Å²) in [6, 6.07) is 3.42. The number of ether oxygens (including phenoxy) is 2. The molecule has 1 heterocycles. The molecule has 0 aromatic heterocycles. The lowest BCUT2D eigenvalue weighted by Gasteiger charge is -2.29. The van der Waals surface area contributed by atoms with Crippen molar-refractivity contribution in [3.05, 3.63) is 39.5 Å². The minimum atomic E-state index is -1.29. The smallest absolute Gasteiger partial charge is 0.350 e. The molecule has 23 heavy (non-hydrogen) atoms. The molecule has 1 saturated heterocycles. The zero-order valence-corrected chi connectivity index (χ0v) is 14.7. The molecule has 1 aliphatic heterocycles. The Hall–Kier alpha value is -2.15. The summed E-state index contributed by atoms with van der Waals surface area (Å²) < 4.78 is 10.8. The van der Waals surface area contributed by atoms with Crippen LogP contribution in [0.4, 0.5) is 5.69 Å². The second-order valence-corrected chi connectivity index (χ2v) is 6.44. The van der Waals surface area contributed by atoms with Crippen molar-refractivity contribution in [2.24, 2.45) is 0 Å². The molecule has 0 unspecified atom stereocenters. The summed E-state index contributed by atoms with van der Waals surface area (Å²) in [6.07, 6.45) is 1.19. The van der Waals surface area contributed by atoms with E-state index in [-0.39, 0.29) is 11.4 Å². The standard InChI is InChI=1S/C16H16BrNO5/c1-8-5-13(10(9(2)19)6-12(8)17)18-7-11-14(20)22-16(3,4)23-15(11)21/h5-7,18H,1-4H3. The number of carbonyl (C=O) groups is 3. The van der Waals surface area contributed by atoms with Gasteiger partial charge in [0.15, 0.2) is 11.4 Å². The fourth-order valence-corrected chi connectivity index (χ4v) is 2.36. The number of esters is 2. The summed E-state index contributed by atoms with van der Waals surface area (Å²) >= 11 is 3.36. The highest BCUT2D eigenvalue weighted by atomic mass is 79.9. The first kappa shape index (κ1) is 17.2. The zero-order chi connectivity index (χ0) is 17.4. The predicted octanol–water partition coefficient (Wildman–Crippen LogP) is 3.09. The maximum atomic E-state index is 11.9. The average molecular weight is 382 g/mol. The number of Topliss-reactive ketones (excluding diaryl/α,β-unsaturated/α-hetero) is 1. The number of carbonyl (C=O) groups excluding carboxylic acids is 3. The SMILES string of the molecule is CC(=O)c1cc(Br)c(C)cc1NC=C1C(=O)OC(C)(C)OC1=O. The van der Waals surface area contributed by atoms with Crippen molar-refractivity contribution in [2.45, 2.75) is 33.5 Å². The lowest BCUT2D eigenvalue weighted by atomic mass is 10.1. The molecule has 0 radical (unpaired) electrons. The summed E-state index contributed by atoms with van der Waals surface area (Å²) in [7, 11) is 0. The molecule has 0 aliphatic carbocycles. The van der Waals surface area contributed by atoms with Gasteiger partial charge in [0, 0.05) is 35.8 Å². The Kier molecular flexibility index (Phi) is 4.61. The molecule has 0 spiro atoms. The van der Waals surface area contributed by atoms with E-state index in [4.69, 9.17) is 9.47 Å². The largest absolute Gasteiger partial charge is 0.419 e. The molecule has 7 heteroatoms. The third kappa shape index (κ3) is 3.79. The van der Waals surface area contributed by atoms with Crippen molar-refractivity contribution < 1.29 is 23.9 Å². The first-order valence-electron chi connectivity index (χ1n) is 6.85. The number of cyclic esters (lactones) is 2. The number of hydrogen-bond acceptors (Lipinski definition) is 6. The van der Waals surface area contributed by atoms with E-state index in [1.54, 1.807) is 12.1 Å². The summed E-state index contributed by atoms with van der Waals surface area (Å²) in [6.45, 7) is 6.23. The summed E-state index contributed by atoms with van der Waals surface area (Å²) in [5.41, 5.74) is 1.54. The number of benzene rings is 1. The van der Waals surface area contributed by atoms with Gasteiger partial charge in [-0.25, -0.2) is 9.59 Å². The minimum absolute atomic E-state index is 0.151. The van der Waals surface area contributed by atoms with Crippen molar-refractivity contribution in [3.63, 3.8) is 0 Å². The number of hydrogen-bond donors (Lipinski definition) is 1. The van der Waals surface area contributed by atoms with E-state index >= 15 is 0 Å². The molecule has 6 nitrogen and oxygen atoms in total. The van der Waals surface area contributed by atoms with E-state index in [0.29, 0.717) is 11.3 Å². The Morgan fingerprint density at radius 3 is 2.30 bits per heavy atom. The van der Waals surface area contributed by atoms with Crippen molar-refractivity contribution in [2.75, 3.05) is 5.32 Å². The molecule has 1 fully saturated rings. The maximum Gasteiger partial charge on any atom is 0.350 e. The molecule has 2 rings (SSSR count). The van der Waals surface area contributed by atoms with Gasteiger partial charge in [0.1, 0.15) is 0 Å². The highest BCUT2D eigenvalue weighted by Crippen LogP contribution is 2.27. The van der Waals surface area contributed by atoms with Gasteiger partial charge in [-0.1, -0.05) is 15.9 Å². The molecule has 1 aromatic carbocycles. The van der Waals surface area contributed by atoms with E-state index < -0.39 is 17.7 Å². The van der Waals surface area contributed by atoms with Gasteiger partial charge in [0.05, 0.1) is 0 Å². The number of anilines is 1. The van der Waals surface area contributed by atoms with Gasteiger partial charge < -0.3 is 14.8 Å². The van der Waals surface area contributed by atoms with Crippen LogP contribution in [0.25, 0.3) is 0 Å². The van der Waals surface area contributed by atoms with Gasteiger partial charge in [-0.3, -0.25) is 4.79 Å². The van der Waals surface area contributed by atoms with Gasteiger partial charge in [0.25, 0.3) is 5.79 Å². The van der Waals surface area contributed by atoms with E-state index in [0.717, 1.165) is 10.0 Å². The highest BCUT2D eigenvalue weighted by Gasteiger charge is 2.39. The molecule has 0 amide bonds. The first-order valence-corrected chi connectivity index (χ1v) is 7.64. The molecule has 1 aliphatic rings. The second-order valence-electron chi connectivity index (χ2n) is 5.58. The van der Waals surface area contributed by atoms with E-state index in [1.165, 1.54) is 27.0 Å². The molecule has 0 saturated carbocycles. The van der Waals surface area contributed by atoms with Crippen LogP contribution in [0.2, 0.25) is 0 Å². The van der Waals surface area contributed by atoms with Gasteiger partial charge in [-0.05, 0) is 31.5 Å². The van der Waals surface area contributed by atoms with Crippen LogP contribution in [0.1, 0.15) is 36.7 Å². The van der Waals surface area contributed by atoms with Crippen molar-refractivity contribution in [1.29, 1.82) is 0 Å². The van der Waals surface area contributed by atoms with Gasteiger partial charge in [-0.2, -0.15) is 0 Å². The molecule has 1 N–H and O–H groups in total. The summed E-state index contributed by atoms with van der Waals surface area (Å²) in [5, 5.41) is 2.82.